The fourth-order valence-corrected chi connectivity index (χ4v) is 2.18. The normalized spacial score (nSPS) is 12.0. The first-order valence-electron chi connectivity index (χ1n) is 4.46. The van der Waals surface area contributed by atoms with Gasteiger partial charge in [0.1, 0.15) is 0 Å². The minimum absolute atomic E-state index is 0. The first-order chi connectivity index (χ1) is 6.65. The van der Waals surface area contributed by atoms with Crippen LogP contribution in [0.3, 0.4) is 0 Å². The van der Waals surface area contributed by atoms with Crippen molar-refractivity contribution in [3.63, 3.8) is 0 Å². The SMILES string of the molecule is Cl.N[C@H](CCCO)c1cc(Br)ccc1Br. The highest BCUT2D eigenvalue weighted by Gasteiger charge is 2.09. The second kappa shape index (κ2) is 7.63. The fourth-order valence-electron chi connectivity index (χ4n) is 1.27. The molecule has 1 atom stereocenters. The average Bonchev–Trinajstić information content (AvgIpc) is 2.18. The van der Waals surface area contributed by atoms with Gasteiger partial charge >= 0.3 is 0 Å². The molecule has 0 aliphatic carbocycles. The zero-order valence-electron chi connectivity index (χ0n) is 8.12. The van der Waals surface area contributed by atoms with Gasteiger partial charge in [0.25, 0.3) is 0 Å². The molecule has 0 spiro atoms. The van der Waals surface area contributed by atoms with Gasteiger partial charge in [-0.3, -0.25) is 0 Å². The van der Waals surface area contributed by atoms with Crippen LogP contribution in [0.1, 0.15) is 24.4 Å². The molecule has 1 aromatic rings. The van der Waals surface area contributed by atoms with Crippen LogP contribution >= 0.6 is 44.3 Å². The van der Waals surface area contributed by atoms with Crippen molar-refractivity contribution in [2.75, 3.05) is 6.61 Å². The molecule has 5 heteroatoms. The lowest BCUT2D eigenvalue weighted by atomic mass is 10.0. The van der Waals surface area contributed by atoms with Crippen molar-refractivity contribution >= 4 is 44.3 Å². The van der Waals surface area contributed by atoms with E-state index in [1.165, 1.54) is 0 Å². The van der Waals surface area contributed by atoms with Crippen molar-refractivity contribution in [2.45, 2.75) is 18.9 Å². The lowest BCUT2D eigenvalue weighted by Gasteiger charge is -2.13. The molecule has 86 valence electrons. The van der Waals surface area contributed by atoms with E-state index in [-0.39, 0.29) is 25.1 Å². The Hall–Kier alpha value is 0.390. The van der Waals surface area contributed by atoms with Gasteiger partial charge in [0.15, 0.2) is 0 Å². The third kappa shape index (κ3) is 4.83. The number of aliphatic hydroxyl groups excluding tert-OH is 1. The standard InChI is InChI=1S/C10H13Br2NO.ClH/c11-7-3-4-9(12)8(6-7)10(13)2-1-5-14;/h3-4,6,10,14H,1-2,5,13H2;1H/t10-;/m1./s1. The van der Waals surface area contributed by atoms with E-state index in [2.05, 4.69) is 31.9 Å². The Bertz CT molecular complexity index is 309. The molecule has 15 heavy (non-hydrogen) atoms. The summed E-state index contributed by atoms with van der Waals surface area (Å²) in [6.45, 7) is 0.194. The van der Waals surface area contributed by atoms with Gasteiger partial charge in [0.05, 0.1) is 0 Å². The smallest absolute Gasteiger partial charge is 0.0431 e. The predicted molar refractivity (Wildman–Crippen MR) is 72.3 cm³/mol. The van der Waals surface area contributed by atoms with Crippen LogP contribution in [0.25, 0.3) is 0 Å². The molecular formula is C10H14Br2ClNO. The molecule has 0 aliphatic rings. The summed E-state index contributed by atoms with van der Waals surface area (Å²) in [5.74, 6) is 0. The highest BCUT2D eigenvalue weighted by molar-refractivity contribution is 9.11. The van der Waals surface area contributed by atoms with Gasteiger partial charge in [-0.1, -0.05) is 31.9 Å². The van der Waals surface area contributed by atoms with Crippen molar-refractivity contribution in [3.05, 3.63) is 32.7 Å². The van der Waals surface area contributed by atoms with Gasteiger partial charge in [-0.15, -0.1) is 12.4 Å². The summed E-state index contributed by atoms with van der Waals surface area (Å²) >= 11 is 6.87. The van der Waals surface area contributed by atoms with Crippen molar-refractivity contribution in [1.29, 1.82) is 0 Å². The molecule has 0 aliphatic heterocycles. The van der Waals surface area contributed by atoms with E-state index in [0.29, 0.717) is 0 Å². The number of benzene rings is 1. The summed E-state index contributed by atoms with van der Waals surface area (Å²) < 4.78 is 2.04. The maximum absolute atomic E-state index is 8.71. The van der Waals surface area contributed by atoms with Gasteiger partial charge in [0.2, 0.25) is 0 Å². The first-order valence-corrected chi connectivity index (χ1v) is 6.05. The minimum atomic E-state index is -0.0194. The summed E-state index contributed by atoms with van der Waals surface area (Å²) in [5.41, 5.74) is 7.07. The molecule has 0 bridgehead atoms. The number of halogens is 3. The number of hydrogen-bond acceptors (Lipinski definition) is 2. The predicted octanol–water partition coefficient (Wildman–Crippen LogP) is 3.41. The first kappa shape index (κ1) is 15.4. The summed E-state index contributed by atoms with van der Waals surface area (Å²) in [7, 11) is 0. The van der Waals surface area contributed by atoms with Crippen LogP contribution in [0.5, 0.6) is 0 Å². The number of hydrogen-bond donors (Lipinski definition) is 2. The lowest BCUT2D eigenvalue weighted by Crippen LogP contribution is -2.11. The van der Waals surface area contributed by atoms with Gasteiger partial charge in [0, 0.05) is 21.6 Å². The number of rotatable bonds is 4. The van der Waals surface area contributed by atoms with Crippen LogP contribution in [-0.4, -0.2) is 11.7 Å². The summed E-state index contributed by atoms with van der Waals surface area (Å²) in [5, 5.41) is 8.71. The molecule has 0 heterocycles. The monoisotopic (exact) mass is 357 g/mol. The lowest BCUT2D eigenvalue weighted by molar-refractivity contribution is 0.280. The maximum atomic E-state index is 8.71. The van der Waals surface area contributed by atoms with E-state index in [9.17, 15) is 0 Å². The Morgan fingerprint density at radius 2 is 2.00 bits per heavy atom. The van der Waals surface area contributed by atoms with Crippen molar-refractivity contribution in [2.24, 2.45) is 5.73 Å². The summed E-state index contributed by atoms with van der Waals surface area (Å²) in [4.78, 5) is 0. The Morgan fingerprint density at radius 1 is 1.33 bits per heavy atom. The molecule has 1 rings (SSSR count). The Kier molecular flexibility index (Phi) is 7.83. The van der Waals surface area contributed by atoms with Crippen molar-refractivity contribution in [1.82, 2.24) is 0 Å². The fraction of sp³-hybridized carbons (Fsp3) is 0.400. The Labute approximate surface area is 113 Å². The highest BCUT2D eigenvalue weighted by Crippen LogP contribution is 2.27. The molecule has 3 N–H and O–H groups in total. The quantitative estimate of drug-likeness (QED) is 0.865. The van der Waals surface area contributed by atoms with Crippen LogP contribution in [0.15, 0.2) is 27.1 Å². The van der Waals surface area contributed by atoms with Crippen LogP contribution < -0.4 is 5.73 Å². The van der Waals surface area contributed by atoms with E-state index >= 15 is 0 Å². The van der Waals surface area contributed by atoms with Crippen molar-refractivity contribution in [3.8, 4) is 0 Å². The van der Waals surface area contributed by atoms with Crippen LogP contribution in [0, 0.1) is 0 Å². The molecule has 0 amide bonds. The minimum Gasteiger partial charge on any atom is -0.396 e. The second-order valence-electron chi connectivity index (χ2n) is 3.14. The van der Waals surface area contributed by atoms with E-state index in [1.807, 2.05) is 18.2 Å². The Balaban J connectivity index is 0.00000196. The number of aliphatic hydroxyl groups is 1. The van der Waals surface area contributed by atoms with Gasteiger partial charge in [-0.05, 0) is 36.6 Å². The van der Waals surface area contributed by atoms with Crippen LogP contribution in [0.2, 0.25) is 0 Å². The van der Waals surface area contributed by atoms with Crippen LogP contribution in [-0.2, 0) is 0 Å². The van der Waals surface area contributed by atoms with E-state index in [4.69, 9.17) is 10.8 Å². The highest BCUT2D eigenvalue weighted by atomic mass is 79.9. The largest absolute Gasteiger partial charge is 0.396 e. The third-order valence-corrected chi connectivity index (χ3v) is 3.25. The summed E-state index contributed by atoms with van der Waals surface area (Å²) in [6.07, 6.45) is 1.53. The molecule has 1 aromatic carbocycles. The molecule has 0 saturated heterocycles. The second-order valence-corrected chi connectivity index (χ2v) is 4.91. The van der Waals surface area contributed by atoms with Gasteiger partial charge in [-0.2, -0.15) is 0 Å². The zero-order valence-corrected chi connectivity index (χ0v) is 12.1. The number of nitrogens with two attached hydrogens (primary N) is 1. The molecule has 0 fully saturated rings. The van der Waals surface area contributed by atoms with Gasteiger partial charge in [-0.25, -0.2) is 0 Å². The molecule has 2 nitrogen and oxygen atoms in total. The maximum Gasteiger partial charge on any atom is 0.0431 e. The van der Waals surface area contributed by atoms with E-state index in [0.717, 1.165) is 27.4 Å². The van der Waals surface area contributed by atoms with Crippen molar-refractivity contribution < 1.29 is 5.11 Å². The van der Waals surface area contributed by atoms with E-state index < -0.39 is 0 Å². The average molecular weight is 359 g/mol. The molecule has 0 radical (unpaired) electrons. The van der Waals surface area contributed by atoms with Crippen LogP contribution in [0.4, 0.5) is 0 Å². The topological polar surface area (TPSA) is 46.2 Å². The Morgan fingerprint density at radius 3 is 2.60 bits per heavy atom. The molecule has 0 aromatic heterocycles. The van der Waals surface area contributed by atoms with E-state index in [1.54, 1.807) is 0 Å². The molecular weight excluding hydrogens is 345 g/mol. The zero-order chi connectivity index (χ0) is 10.6. The molecule has 0 saturated carbocycles. The summed E-state index contributed by atoms with van der Waals surface area (Å²) in [6, 6.07) is 5.92. The third-order valence-electron chi connectivity index (χ3n) is 2.03. The van der Waals surface area contributed by atoms with Gasteiger partial charge < -0.3 is 10.8 Å². The molecule has 0 unspecified atom stereocenters.